The zero-order valence-electron chi connectivity index (χ0n) is 25.3. The number of aryl methyl sites for hydroxylation is 1. The minimum absolute atomic E-state index is 0.0695. The number of unbranched alkanes of at least 4 members (excludes halogenated alkanes) is 4. The van der Waals surface area contributed by atoms with Gasteiger partial charge in [0.25, 0.3) is 5.56 Å². The van der Waals surface area contributed by atoms with Crippen LogP contribution in [0.3, 0.4) is 0 Å². The van der Waals surface area contributed by atoms with E-state index >= 15 is 0 Å². The molecule has 1 atom stereocenters. The van der Waals surface area contributed by atoms with Gasteiger partial charge in [0, 0.05) is 30.5 Å². The molecule has 5 N–H and O–H groups in total. The monoisotopic (exact) mass is 593 g/mol. The van der Waals surface area contributed by atoms with Crippen molar-refractivity contribution in [3.8, 4) is 6.07 Å². The maximum atomic E-state index is 12.4. The lowest BCUT2D eigenvalue weighted by Crippen LogP contribution is -2.31. The Balaban J connectivity index is 1.63. The van der Waals surface area contributed by atoms with Crippen molar-refractivity contribution in [2.24, 2.45) is 5.92 Å². The quantitative estimate of drug-likeness (QED) is 0.0719. The van der Waals surface area contributed by atoms with Crippen molar-refractivity contribution in [3.05, 3.63) is 57.5 Å². The van der Waals surface area contributed by atoms with Gasteiger partial charge in [-0.25, -0.2) is 14.4 Å². The van der Waals surface area contributed by atoms with Gasteiger partial charge < -0.3 is 25.7 Å². The maximum absolute atomic E-state index is 12.4. The molecule has 12 heteroatoms. The molecule has 2 aromatic rings. The SMILES string of the molecule is CCCCC(CC)COC(=O)/C(C#N)=C/c1ccc(NC(=O)NCCCCCCNC(=O)Nc2nc(=O)cc(C)[nH]2)cc1. The van der Waals surface area contributed by atoms with Crippen LogP contribution >= 0.6 is 0 Å². The van der Waals surface area contributed by atoms with Crippen LogP contribution in [0.15, 0.2) is 40.7 Å². The molecule has 0 aliphatic rings. The zero-order valence-corrected chi connectivity index (χ0v) is 25.3. The van der Waals surface area contributed by atoms with Gasteiger partial charge in [-0.3, -0.25) is 10.1 Å². The highest BCUT2D eigenvalue weighted by Gasteiger charge is 2.14. The van der Waals surface area contributed by atoms with Crippen molar-refractivity contribution >= 4 is 35.7 Å². The number of carbonyl (C=O) groups excluding carboxylic acids is 3. The fourth-order valence-electron chi connectivity index (χ4n) is 4.11. The number of esters is 1. The van der Waals surface area contributed by atoms with Crippen LogP contribution in [0.1, 0.15) is 76.5 Å². The molecule has 0 aliphatic carbocycles. The molecule has 0 spiro atoms. The number of anilines is 2. The van der Waals surface area contributed by atoms with Crippen molar-refractivity contribution in [1.29, 1.82) is 5.26 Å². The standard InChI is InChI=1S/C31H43N7O5/c1-4-6-11-23(5-2)21-43-28(40)25(20-32)19-24-12-14-26(15-13-24)36-30(41)33-16-9-7-8-10-17-34-31(42)38-29-35-22(3)18-27(39)37-29/h12-15,18-19,23H,4-11,16-17,21H2,1-3H3,(H2,33,36,41)(H3,34,35,37,38,39,42)/b25-19+. The number of urea groups is 2. The Morgan fingerprint density at radius 1 is 1.00 bits per heavy atom. The summed E-state index contributed by atoms with van der Waals surface area (Å²) >= 11 is 0. The molecular weight excluding hydrogens is 550 g/mol. The predicted octanol–water partition coefficient (Wildman–Crippen LogP) is 5.25. The van der Waals surface area contributed by atoms with Crippen molar-refractivity contribution in [3.63, 3.8) is 0 Å². The topological polar surface area (TPSA) is 178 Å². The average molecular weight is 594 g/mol. The molecule has 0 saturated heterocycles. The molecule has 0 aliphatic heterocycles. The van der Waals surface area contributed by atoms with Gasteiger partial charge in [0.2, 0.25) is 5.95 Å². The van der Waals surface area contributed by atoms with Gasteiger partial charge in [0.15, 0.2) is 0 Å². The number of hydrogen-bond donors (Lipinski definition) is 5. The second-order valence-corrected chi connectivity index (χ2v) is 10.2. The predicted molar refractivity (Wildman–Crippen MR) is 166 cm³/mol. The molecule has 43 heavy (non-hydrogen) atoms. The van der Waals surface area contributed by atoms with Crippen LogP contribution < -0.4 is 26.8 Å². The van der Waals surface area contributed by atoms with Gasteiger partial charge in [0.05, 0.1) is 6.61 Å². The number of rotatable bonds is 17. The third kappa shape index (κ3) is 14.2. The normalized spacial score (nSPS) is 11.6. The molecule has 0 fully saturated rings. The highest BCUT2D eigenvalue weighted by atomic mass is 16.5. The fraction of sp³-hybridized carbons (Fsp3) is 0.484. The van der Waals surface area contributed by atoms with Crippen molar-refractivity contribution in [2.45, 2.75) is 72.1 Å². The first-order chi connectivity index (χ1) is 20.7. The van der Waals surface area contributed by atoms with Crippen LogP contribution in [-0.2, 0) is 9.53 Å². The van der Waals surface area contributed by atoms with Crippen molar-refractivity contribution < 1.29 is 19.1 Å². The second-order valence-electron chi connectivity index (χ2n) is 10.2. The van der Waals surface area contributed by atoms with E-state index < -0.39 is 17.6 Å². The van der Waals surface area contributed by atoms with Crippen molar-refractivity contribution in [1.82, 2.24) is 20.6 Å². The van der Waals surface area contributed by atoms with E-state index in [4.69, 9.17) is 4.74 Å². The minimum Gasteiger partial charge on any atom is -0.461 e. The van der Waals surface area contributed by atoms with Crippen LogP contribution in [0, 0.1) is 24.2 Å². The Hall–Kier alpha value is -4.66. The van der Waals surface area contributed by atoms with Crippen LogP contribution in [0.5, 0.6) is 0 Å². The van der Waals surface area contributed by atoms with E-state index in [2.05, 4.69) is 45.1 Å². The second kappa shape index (κ2) is 19.5. The molecule has 4 amide bonds. The summed E-state index contributed by atoms with van der Waals surface area (Å²) in [7, 11) is 0. The summed E-state index contributed by atoms with van der Waals surface area (Å²) in [6.07, 6.45) is 8.84. The Labute approximate surface area is 252 Å². The Bertz CT molecular complexity index is 1320. The molecule has 1 aromatic heterocycles. The summed E-state index contributed by atoms with van der Waals surface area (Å²) in [5.74, 6) is -0.237. The highest BCUT2D eigenvalue weighted by molar-refractivity contribution is 5.98. The molecular formula is C31H43N7O5. The van der Waals surface area contributed by atoms with E-state index in [1.165, 1.54) is 12.1 Å². The van der Waals surface area contributed by atoms with Gasteiger partial charge in [-0.05, 0) is 55.9 Å². The summed E-state index contributed by atoms with van der Waals surface area (Å²) in [6, 6.07) is 9.29. The van der Waals surface area contributed by atoms with Gasteiger partial charge >= 0.3 is 18.0 Å². The Kier molecular flexibility index (Phi) is 15.6. The first-order valence-electron chi connectivity index (χ1n) is 14.8. The lowest BCUT2D eigenvalue weighted by molar-refractivity contribution is -0.139. The summed E-state index contributed by atoms with van der Waals surface area (Å²) in [5, 5.41) is 20.2. The number of ether oxygens (including phenoxy) is 1. The van der Waals surface area contributed by atoms with Crippen LogP contribution in [-0.4, -0.2) is 47.7 Å². The zero-order chi connectivity index (χ0) is 31.5. The molecule has 0 radical (unpaired) electrons. The molecule has 0 bridgehead atoms. The van der Waals surface area contributed by atoms with E-state index in [0.717, 1.165) is 51.4 Å². The third-order valence-corrected chi connectivity index (χ3v) is 6.60. The number of carbonyl (C=O) groups is 3. The first-order valence-corrected chi connectivity index (χ1v) is 14.8. The summed E-state index contributed by atoms with van der Waals surface area (Å²) in [4.78, 5) is 54.4. The molecule has 2 rings (SSSR count). The van der Waals surface area contributed by atoms with Gasteiger partial charge in [-0.1, -0.05) is 58.1 Å². The largest absolute Gasteiger partial charge is 0.461 e. The van der Waals surface area contributed by atoms with E-state index in [1.54, 1.807) is 31.2 Å². The van der Waals surface area contributed by atoms with Crippen LogP contribution in [0.25, 0.3) is 6.08 Å². The Morgan fingerprint density at radius 2 is 1.65 bits per heavy atom. The number of nitrogens with zero attached hydrogens (tertiary/aromatic N) is 2. The fourth-order valence-corrected chi connectivity index (χ4v) is 4.11. The number of hydrogen-bond acceptors (Lipinski definition) is 7. The number of benzene rings is 1. The van der Waals surface area contributed by atoms with Crippen LogP contribution in [0.4, 0.5) is 21.2 Å². The number of aromatic nitrogens is 2. The maximum Gasteiger partial charge on any atom is 0.348 e. The number of amides is 4. The number of nitriles is 1. The molecule has 1 heterocycles. The van der Waals surface area contributed by atoms with Gasteiger partial charge in [-0.15, -0.1) is 0 Å². The summed E-state index contributed by atoms with van der Waals surface area (Å²) in [5.41, 5.74) is 1.33. The average Bonchev–Trinajstić information content (AvgIpc) is 2.97. The molecule has 12 nitrogen and oxygen atoms in total. The first kappa shape index (κ1) is 34.5. The molecule has 1 unspecified atom stereocenters. The lowest BCUT2D eigenvalue weighted by Gasteiger charge is -2.14. The lowest BCUT2D eigenvalue weighted by atomic mass is 10.0. The Morgan fingerprint density at radius 3 is 2.23 bits per heavy atom. The van der Waals surface area contributed by atoms with E-state index in [1.807, 2.05) is 6.07 Å². The molecule has 0 saturated carbocycles. The van der Waals surface area contributed by atoms with E-state index in [0.29, 0.717) is 42.6 Å². The van der Waals surface area contributed by atoms with E-state index in [-0.39, 0.29) is 17.6 Å². The number of nitrogens with one attached hydrogen (secondary N) is 5. The highest BCUT2D eigenvalue weighted by Crippen LogP contribution is 2.16. The third-order valence-electron chi connectivity index (χ3n) is 6.60. The van der Waals surface area contributed by atoms with Crippen molar-refractivity contribution in [2.75, 3.05) is 30.3 Å². The number of H-pyrrole nitrogens is 1. The van der Waals surface area contributed by atoms with Gasteiger partial charge in [0.1, 0.15) is 11.6 Å². The molecule has 232 valence electrons. The van der Waals surface area contributed by atoms with Gasteiger partial charge in [-0.2, -0.15) is 10.2 Å². The summed E-state index contributed by atoms with van der Waals surface area (Å²) < 4.78 is 5.38. The van der Waals surface area contributed by atoms with E-state index in [9.17, 15) is 24.4 Å². The van der Waals surface area contributed by atoms with Crippen LogP contribution in [0.2, 0.25) is 0 Å². The molecule has 1 aromatic carbocycles. The number of aromatic amines is 1. The smallest absolute Gasteiger partial charge is 0.348 e. The minimum atomic E-state index is -0.630. The summed E-state index contributed by atoms with van der Waals surface area (Å²) in [6.45, 7) is 7.16.